The molecule has 2 N–H and O–H groups in total. The van der Waals surface area contributed by atoms with Crippen LogP contribution >= 0.6 is 0 Å². The lowest BCUT2D eigenvalue weighted by Gasteiger charge is -2.45. The van der Waals surface area contributed by atoms with E-state index >= 15 is 0 Å². The molecule has 5 heteroatoms. The molecule has 4 nitrogen and oxygen atoms in total. The SMILES string of the molecule is CCCN(C1(CN)CCCCC1)S(=O)(=O)CCC(C)(C)C. The zero-order valence-corrected chi connectivity index (χ0v) is 15.1. The molecule has 1 aliphatic rings. The maximum atomic E-state index is 12.9. The number of hydrogen-bond acceptors (Lipinski definition) is 3. The van der Waals surface area contributed by atoms with E-state index < -0.39 is 10.0 Å². The molecule has 126 valence electrons. The van der Waals surface area contributed by atoms with Crippen LogP contribution in [0, 0.1) is 5.41 Å². The van der Waals surface area contributed by atoms with E-state index in [4.69, 9.17) is 5.73 Å². The van der Waals surface area contributed by atoms with Gasteiger partial charge in [-0.1, -0.05) is 47.0 Å². The highest BCUT2D eigenvalue weighted by molar-refractivity contribution is 7.89. The van der Waals surface area contributed by atoms with Crippen molar-refractivity contribution in [1.82, 2.24) is 4.31 Å². The van der Waals surface area contributed by atoms with E-state index in [0.29, 0.717) is 19.5 Å². The molecule has 0 saturated heterocycles. The van der Waals surface area contributed by atoms with Crippen LogP contribution in [0.5, 0.6) is 0 Å². The highest BCUT2D eigenvalue weighted by Gasteiger charge is 2.42. The van der Waals surface area contributed by atoms with E-state index in [1.54, 1.807) is 4.31 Å². The van der Waals surface area contributed by atoms with Crippen LogP contribution in [0.2, 0.25) is 0 Å². The van der Waals surface area contributed by atoms with Gasteiger partial charge in [0.15, 0.2) is 0 Å². The van der Waals surface area contributed by atoms with Gasteiger partial charge >= 0.3 is 0 Å². The van der Waals surface area contributed by atoms with Gasteiger partial charge in [0, 0.05) is 18.6 Å². The molecular weight excluding hydrogens is 284 g/mol. The maximum Gasteiger partial charge on any atom is 0.214 e. The number of sulfonamides is 1. The smallest absolute Gasteiger partial charge is 0.214 e. The molecule has 0 heterocycles. The van der Waals surface area contributed by atoms with Crippen molar-refractivity contribution in [2.45, 2.75) is 78.2 Å². The Morgan fingerprint density at radius 2 is 1.71 bits per heavy atom. The first-order valence-electron chi connectivity index (χ1n) is 8.37. The van der Waals surface area contributed by atoms with Crippen molar-refractivity contribution in [3.63, 3.8) is 0 Å². The molecule has 0 atom stereocenters. The second kappa shape index (κ2) is 7.42. The summed E-state index contributed by atoms with van der Waals surface area (Å²) in [5.74, 6) is 0.234. The van der Waals surface area contributed by atoms with Crippen LogP contribution in [0.15, 0.2) is 0 Å². The van der Waals surface area contributed by atoms with Gasteiger partial charge in [0.25, 0.3) is 0 Å². The minimum atomic E-state index is -3.23. The molecule has 0 aromatic rings. The lowest BCUT2D eigenvalue weighted by Crippen LogP contribution is -2.58. The first kappa shape index (κ1) is 18.9. The average Bonchev–Trinajstić information content (AvgIpc) is 2.42. The Morgan fingerprint density at radius 3 is 2.14 bits per heavy atom. The molecule has 0 unspecified atom stereocenters. The standard InChI is InChI=1S/C16H34N2O2S/c1-5-12-18(16(14-17)9-7-6-8-10-16)21(19,20)13-11-15(2,3)4/h5-14,17H2,1-4H3. The summed E-state index contributed by atoms with van der Waals surface area (Å²) < 4.78 is 27.6. The molecule has 1 saturated carbocycles. The van der Waals surface area contributed by atoms with Gasteiger partial charge in [0.1, 0.15) is 0 Å². The fraction of sp³-hybridized carbons (Fsp3) is 1.00. The predicted molar refractivity (Wildman–Crippen MR) is 89.7 cm³/mol. The quantitative estimate of drug-likeness (QED) is 0.784. The molecular formula is C16H34N2O2S. The lowest BCUT2D eigenvalue weighted by molar-refractivity contribution is 0.135. The molecule has 0 radical (unpaired) electrons. The fourth-order valence-corrected chi connectivity index (χ4v) is 5.58. The van der Waals surface area contributed by atoms with E-state index in [1.165, 1.54) is 6.42 Å². The predicted octanol–water partition coefficient (Wildman–Crippen LogP) is 3.13. The molecule has 1 fully saturated rings. The second-order valence-corrected chi connectivity index (χ2v) is 9.70. The van der Waals surface area contributed by atoms with E-state index in [0.717, 1.165) is 32.1 Å². The first-order chi connectivity index (χ1) is 9.67. The van der Waals surface area contributed by atoms with Crippen LogP contribution in [-0.2, 0) is 10.0 Å². The van der Waals surface area contributed by atoms with E-state index in [2.05, 4.69) is 20.8 Å². The van der Waals surface area contributed by atoms with Gasteiger partial charge in [-0.2, -0.15) is 4.31 Å². The molecule has 0 amide bonds. The van der Waals surface area contributed by atoms with E-state index in [-0.39, 0.29) is 16.7 Å². The second-order valence-electron chi connectivity index (χ2n) is 7.69. The molecule has 21 heavy (non-hydrogen) atoms. The maximum absolute atomic E-state index is 12.9. The number of nitrogens with two attached hydrogens (primary N) is 1. The Balaban J connectivity index is 2.97. The summed E-state index contributed by atoms with van der Waals surface area (Å²) in [4.78, 5) is 0. The van der Waals surface area contributed by atoms with Gasteiger partial charge < -0.3 is 5.73 Å². The summed E-state index contributed by atoms with van der Waals surface area (Å²) in [5, 5.41) is 0. The molecule has 0 bridgehead atoms. The first-order valence-corrected chi connectivity index (χ1v) is 9.98. The summed E-state index contributed by atoms with van der Waals surface area (Å²) >= 11 is 0. The monoisotopic (exact) mass is 318 g/mol. The van der Waals surface area contributed by atoms with Crippen LogP contribution < -0.4 is 5.73 Å². The van der Waals surface area contributed by atoms with Gasteiger partial charge in [0.2, 0.25) is 10.0 Å². The van der Waals surface area contributed by atoms with Crippen molar-refractivity contribution in [2.75, 3.05) is 18.8 Å². The summed E-state index contributed by atoms with van der Waals surface area (Å²) in [6, 6.07) is 0. The van der Waals surface area contributed by atoms with Crippen LogP contribution in [0.3, 0.4) is 0 Å². The molecule has 0 spiro atoms. The van der Waals surface area contributed by atoms with Gasteiger partial charge in [0.05, 0.1) is 5.75 Å². The zero-order chi connectivity index (χ0) is 16.1. The van der Waals surface area contributed by atoms with Crippen LogP contribution in [-0.4, -0.2) is 37.1 Å². The fourth-order valence-electron chi connectivity index (χ4n) is 3.18. The van der Waals surface area contributed by atoms with Crippen molar-refractivity contribution in [1.29, 1.82) is 0 Å². The molecule has 1 aliphatic carbocycles. The summed E-state index contributed by atoms with van der Waals surface area (Å²) in [6.45, 7) is 9.36. The summed E-state index contributed by atoms with van der Waals surface area (Å²) in [6.07, 6.45) is 6.74. The van der Waals surface area contributed by atoms with E-state index in [1.807, 2.05) is 6.92 Å². The minimum Gasteiger partial charge on any atom is -0.329 e. The average molecular weight is 319 g/mol. The largest absolute Gasteiger partial charge is 0.329 e. The van der Waals surface area contributed by atoms with Crippen molar-refractivity contribution in [3.05, 3.63) is 0 Å². The van der Waals surface area contributed by atoms with Crippen molar-refractivity contribution in [3.8, 4) is 0 Å². The number of rotatable bonds is 7. The number of hydrogen-bond donors (Lipinski definition) is 1. The Kier molecular flexibility index (Phi) is 6.69. The van der Waals surface area contributed by atoms with Crippen LogP contribution in [0.4, 0.5) is 0 Å². The summed E-state index contributed by atoms with van der Waals surface area (Å²) in [5.41, 5.74) is 5.75. The van der Waals surface area contributed by atoms with Gasteiger partial charge in [-0.3, -0.25) is 0 Å². The third-order valence-electron chi connectivity index (χ3n) is 4.57. The van der Waals surface area contributed by atoms with Crippen LogP contribution in [0.25, 0.3) is 0 Å². The van der Waals surface area contributed by atoms with Crippen molar-refractivity contribution >= 4 is 10.0 Å². The van der Waals surface area contributed by atoms with Gasteiger partial charge in [-0.15, -0.1) is 0 Å². The topological polar surface area (TPSA) is 63.4 Å². The third kappa shape index (κ3) is 5.22. The molecule has 0 aromatic carbocycles. The molecule has 0 aromatic heterocycles. The highest BCUT2D eigenvalue weighted by atomic mass is 32.2. The Morgan fingerprint density at radius 1 is 1.14 bits per heavy atom. The Bertz CT molecular complexity index is 406. The Labute approximate surface area is 131 Å². The van der Waals surface area contributed by atoms with Gasteiger partial charge in [-0.25, -0.2) is 8.42 Å². The molecule has 1 rings (SSSR count). The molecule has 0 aliphatic heterocycles. The summed E-state index contributed by atoms with van der Waals surface area (Å²) in [7, 11) is -3.23. The van der Waals surface area contributed by atoms with Crippen molar-refractivity contribution < 1.29 is 8.42 Å². The van der Waals surface area contributed by atoms with E-state index in [9.17, 15) is 8.42 Å². The lowest BCUT2D eigenvalue weighted by atomic mass is 9.81. The number of nitrogens with zero attached hydrogens (tertiary/aromatic N) is 1. The van der Waals surface area contributed by atoms with Crippen LogP contribution in [0.1, 0.15) is 72.6 Å². The zero-order valence-electron chi connectivity index (χ0n) is 14.3. The Hall–Kier alpha value is -0.130. The third-order valence-corrected chi connectivity index (χ3v) is 6.53. The highest BCUT2D eigenvalue weighted by Crippen LogP contribution is 2.35. The minimum absolute atomic E-state index is 0.0351. The normalized spacial score (nSPS) is 19.9. The van der Waals surface area contributed by atoms with Crippen molar-refractivity contribution in [2.24, 2.45) is 11.1 Å². The van der Waals surface area contributed by atoms with Gasteiger partial charge in [-0.05, 0) is 31.1 Å².